The van der Waals surface area contributed by atoms with Gasteiger partial charge < -0.3 is 19.9 Å². The molecule has 3 N–H and O–H groups in total. The largest absolute Gasteiger partial charge is 0.493 e. The van der Waals surface area contributed by atoms with Gasteiger partial charge in [-0.25, -0.2) is 0 Å². The van der Waals surface area contributed by atoms with E-state index in [-0.39, 0.29) is 35.6 Å². The molecule has 1 saturated heterocycles. The number of fused-ring (bicyclic) bond motifs is 2. The van der Waals surface area contributed by atoms with Gasteiger partial charge in [0.1, 0.15) is 11.0 Å². The zero-order valence-electron chi connectivity index (χ0n) is 28.8. The van der Waals surface area contributed by atoms with Gasteiger partial charge in [0.2, 0.25) is 11.8 Å². The molecule has 1 unspecified atom stereocenters. The predicted molar refractivity (Wildman–Crippen MR) is 185 cm³/mol. The number of aromatic nitrogens is 1. The summed E-state index contributed by atoms with van der Waals surface area (Å²) in [4.78, 5) is 50.0. The van der Waals surface area contributed by atoms with Crippen molar-refractivity contribution in [2.24, 2.45) is 5.92 Å². The Kier molecular flexibility index (Phi) is 9.04. The molecule has 4 amide bonds. The molecular weight excluding hydrogens is 612 g/mol. The van der Waals surface area contributed by atoms with Crippen LogP contribution in [0.4, 0.5) is 4.79 Å². The summed E-state index contributed by atoms with van der Waals surface area (Å²) in [6, 6.07) is 6.70. The van der Waals surface area contributed by atoms with Crippen LogP contribution in [0.25, 0.3) is 11.3 Å². The van der Waals surface area contributed by atoms with E-state index in [9.17, 15) is 19.2 Å². The zero-order valence-corrected chi connectivity index (χ0v) is 29.6. The molecule has 0 bridgehead atoms. The van der Waals surface area contributed by atoms with Crippen molar-refractivity contribution in [3.8, 4) is 17.0 Å². The minimum absolute atomic E-state index is 0.101. The highest BCUT2D eigenvalue weighted by Gasteiger charge is 2.49. The maximum atomic E-state index is 13.9. The van der Waals surface area contributed by atoms with Gasteiger partial charge in [-0.2, -0.15) is 0 Å². The van der Waals surface area contributed by atoms with Crippen molar-refractivity contribution < 1.29 is 23.9 Å². The fraction of sp³-hybridized carbons (Fsp3) is 0.622. The minimum Gasteiger partial charge on any atom is -0.493 e. The van der Waals surface area contributed by atoms with Crippen LogP contribution in [0.15, 0.2) is 18.2 Å². The summed E-state index contributed by atoms with van der Waals surface area (Å²) in [5, 5.41) is 7.04. The number of thioether (sulfide) groups is 1. The van der Waals surface area contributed by atoms with Gasteiger partial charge >= 0.3 is 0 Å². The summed E-state index contributed by atoms with van der Waals surface area (Å²) >= 11 is 0.832. The number of nitrogens with one attached hydrogen (secondary N) is 3. The molecule has 3 heterocycles. The highest BCUT2D eigenvalue weighted by Crippen LogP contribution is 2.58. The molecule has 0 radical (unpaired) electrons. The van der Waals surface area contributed by atoms with E-state index >= 15 is 0 Å². The Morgan fingerprint density at radius 1 is 1.04 bits per heavy atom. The number of carbonyl (C=O) groups excluding carboxylic acids is 4. The molecule has 1 spiro atoms. The number of hydrogen-bond acceptors (Lipinski definition) is 6. The lowest BCUT2D eigenvalue weighted by Gasteiger charge is -2.33. The normalized spacial score (nSPS) is 20.9. The Hall–Kier alpha value is -3.27. The van der Waals surface area contributed by atoms with E-state index in [0.29, 0.717) is 11.5 Å². The smallest absolute Gasteiger partial charge is 0.286 e. The third-order valence-corrected chi connectivity index (χ3v) is 11.5. The third-order valence-electron chi connectivity index (χ3n) is 10.5. The second-order valence-corrected chi connectivity index (χ2v) is 17.1. The molecule has 1 aromatic carbocycles. The van der Waals surface area contributed by atoms with Crippen molar-refractivity contribution in [2.45, 2.75) is 127 Å². The van der Waals surface area contributed by atoms with Crippen LogP contribution in [0, 0.1) is 12.8 Å². The number of carbonyl (C=O) groups is 4. The summed E-state index contributed by atoms with van der Waals surface area (Å²) in [7, 11) is 0. The maximum Gasteiger partial charge on any atom is 0.286 e. The molecule has 4 aliphatic rings. The SMILES string of the molecule is Cc1c(C(=O)NCC(C)(C)NC(=O)CC2SC(=O)NC2=O)cc(-c2cc(C(C)(C)C)c3c(c2)C2(CCO3)CC2)n1CC1CCCCC1. The van der Waals surface area contributed by atoms with Gasteiger partial charge in [0.05, 0.1) is 17.7 Å². The van der Waals surface area contributed by atoms with Gasteiger partial charge in [0.15, 0.2) is 0 Å². The lowest BCUT2D eigenvalue weighted by molar-refractivity contribution is -0.126. The van der Waals surface area contributed by atoms with Crippen LogP contribution in [0.5, 0.6) is 5.75 Å². The summed E-state index contributed by atoms with van der Waals surface area (Å²) < 4.78 is 8.74. The van der Waals surface area contributed by atoms with E-state index in [2.05, 4.69) is 59.5 Å². The Morgan fingerprint density at radius 2 is 1.77 bits per heavy atom. The van der Waals surface area contributed by atoms with E-state index in [1.165, 1.54) is 56.1 Å². The first kappa shape index (κ1) is 33.6. The lowest BCUT2D eigenvalue weighted by atomic mass is 9.79. The van der Waals surface area contributed by atoms with E-state index in [0.717, 1.165) is 54.0 Å². The quantitative estimate of drug-likeness (QED) is 0.281. The Balaban J connectivity index is 1.27. The molecule has 2 aromatic rings. The zero-order chi connectivity index (χ0) is 33.7. The second kappa shape index (κ2) is 12.6. The maximum absolute atomic E-state index is 13.9. The highest BCUT2D eigenvalue weighted by atomic mass is 32.2. The summed E-state index contributed by atoms with van der Waals surface area (Å²) in [6.07, 6.45) is 9.55. The highest BCUT2D eigenvalue weighted by molar-refractivity contribution is 8.15. The van der Waals surface area contributed by atoms with Crippen molar-refractivity contribution in [3.05, 3.63) is 40.6 Å². The number of benzene rings is 1. The molecule has 1 atom stereocenters. The molecule has 6 rings (SSSR count). The molecule has 47 heavy (non-hydrogen) atoms. The summed E-state index contributed by atoms with van der Waals surface area (Å²) in [5.41, 5.74) is 5.70. The first-order chi connectivity index (χ1) is 22.2. The first-order valence-corrected chi connectivity index (χ1v) is 18.2. The molecular formula is C37H50N4O5S. The number of imide groups is 1. The van der Waals surface area contributed by atoms with Crippen molar-refractivity contribution in [3.63, 3.8) is 0 Å². The molecule has 2 aliphatic carbocycles. The summed E-state index contributed by atoms with van der Waals surface area (Å²) in [5.74, 6) is 0.669. The minimum atomic E-state index is -0.767. The van der Waals surface area contributed by atoms with Crippen LogP contribution < -0.4 is 20.7 Å². The number of rotatable bonds is 9. The number of ether oxygens (including phenoxy) is 1. The van der Waals surface area contributed by atoms with Gasteiger partial charge in [-0.15, -0.1) is 0 Å². The van der Waals surface area contributed by atoms with Gasteiger partial charge in [-0.05, 0) is 88.0 Å². The van der Waals surface area contributed by atoms with Crippen LogP contribution in [0.2, 0.25) is 0 Å². The van der Waals surface area contributed by atoms with Crippen LogP contribution in [0.3, 0.4) is 0 Å². The molecule has 254 valence electrons. The van der Waals surface area contributed by atoms with Crippen LogP contribution >= 0.6 is 11.8 Å². The van der Waals surface area contributed by atoms with Gasteiger partial charge in [0, 0.05) is 47.4 Å². The average molecular weight is 663 g/mol. The van der Waals surface area contributed by atoms with Crippen molar-refractivity contribution in [1.29, 1.82) is 0 Å². The van der Waals surface area contributed by atoms with Gasteiger partial charge in [-0.3, -0.25) is 24.5 Å². The van der Waals surface area contributed by atoms with Crippen LogP contribution in [-0.2, 0) is 27.0 Å². The fourth-order valence-corrected chi connectivity index (χ4v) is 8.40. The number of hydrogen-bond donors (Lipinski definition) is 3. The van der Waals surface area contributed by atoms with Gasteiger partial charge in [-0.1, -0.05) is 51.8 Å². The van der Waals surface area contributed by atoms with Crippen molar-refractivity contribution in [2.75, 3.05) is 13.2 Å². The topological polar surface area (TPSA) is 119 Å². The van der Waals surface area contributed by atoms with E-state index in [1.54, 1.807) is 0 Å². The van der Waals surface area contributed by atoms with Crippen LogP contribution in [-0.4, -0.2) is 51.5 Å². The average Bonchev–Trinajstić information content (AvgIpc) is 3.60. The van der Waals surface area contributed by atoms with Crippen molar-refractivity contribution >= 4 is 34.7 Å². The Bertz CT molecular complexity index is 1580. The Morgan fingerprint density at radius 3 is 2.40 bits per heavy atom. The van der Waals surface area contributed by atoms with E-state index < -0.39 is 21.9 Å². The third kappa shape index (κ3) is 7.13. The molecule has 2 saturated carbocycles. The predicted octanol–water partition coefficient (Wildman–Crippen LogP) is 6.52. The number of nitrogens with zero attached hydrogens (tertiary/aromatic N) is 1. The molecule has 3 fully saturated rings. The van der Waals surface area contributed by atoms with Crippen LogP contribution in [0.1, 0.15) is 120 Å². The molecule has 9 nitrogen and oxygen atoms in total. The van der Waals surface area contributed by atoms with Gasteiger partial charge in [0.25, 0.3) is 11.1 Å². The number of amides is 4. The molecule has 2 aliphatic heterocycles. The molecule has 10 heteroatoms. The van der Waals surface area contributed by atoms with E-state index in [1.807, 2.05) is 20.8 Å². The van der Waals surface area contributed by atoms with Crippen molar-refractivity contribution in [1.82, 2.24) is 20.5 Å². The molecule has 1 aromatic heterocycles. The Labute approximate surface area is 282 Å². The van der Waals surface area contributed by atoms with E-state index in [4.69, 9.17) is 4.74 Å². The first-order valence-electron chi connectivity index (χ1n) is 17.3. The monoisotopic (exact) mass is 662 g/mol. The standard InChI is InChI=1S/C37H50N4O5S/c1-22-25(32(43)38-21-36(5,6)40-30(42)19-29-33(44)39-34(45)47-29)18-28(41(22)20-23-10-8-7-9-11-23)24-16-26(35(2,3)4)31-27(17-24)37(12-13-37)14-15-46-31/h16-18,23,29H,7-15,19-21H2,1-6H3,(H,38,43)(H,40,42)(H,39,44,45). The fourth-order valence-electron chi connectivity index (χ4n) is 7.58. The second-order valence-electron chi connectivity index (χ2n) is 15.9. The lowest BCUT2D eigenvalue weighted by Crippen LogP contribution is -2.52. The summed E-state index contributed by atoms with van der Waals surface area (Å²) in [6.45, 7) is 14.3.